The first-order valence-corrected chi connectivity index (χ1v) is 10.9. The van der Waals surface area contributed by atoms with Crippen molar-refractivity contribution in [1.82, 2.24) is 20.0 Å². The second kappa shape index (κ2) is 10.2. The van der Waals surface area contributed by atoms with Gasteiger partial charge in [-0.15, -0.1) is 0 Å². The lowest BCUT2D eigenvalue weighted by molar-refractivity contribution is 0.0943. The molecule has 2 heterocycles. The summed E-state index contributed by atoms with van der Waals surface area (Å²) in [5.74, 6) is -0.283. The zero-order valence-electron chi connectivity index (χ0n) is 17.7. The van der Waals surface area contributed by atoms with E-state index in [0.29, 0.717) is 13.1 Å². The minimum absolute atomic E-state index is 0.229. The molecule has 1 fully saturated rings. The van der Waals surface area contributed by atoms with Crippen molar-refractivity contribution < 1.29 is 4.79 Å². The summed E-state index contributed by atoms with van der Waals surface area (Å²) >= 11 is 0. The van der Waals surface area contributed by atoms with Crippen LogP contribution in [0.5, 0.6) is 0 Å². The molecule has 1 aromatic heterocycles. The highest BCUT2D eigenvalue weighted by Crippen LogP contribution is 2.16. The number of aromatic nitrogens is 2. The van der Waals surface area contributed by atoms with E-state index in [1.54, 1.807) is 0 Å². The summed E-state index contributed by atoms with van der Waals surface area (Å²) in [5.41, 5.74) is 3.32. The van der Waals surface area contributed by atoms with Crippen LogP contribution in [0.4, 0.5) is 0 Å². The fourth-order valence-corrected chi connectivity index (χ4v) is 3.95. The van der Waals surface area contributed by atoms with E-state index in [1.807, 2.05) is 42.5 Å². The van der Waals surface area contributed by atoms with Crippen molar-refractivity contribution >= 4 is 5.91 Å². The molecule has 0 atom stereocenters. The molecule has 0 unspecified atom stereocenters. The molecule has 31 heavy (non-hydrogen) atoms. The highest BCUT2D eigenvalue weighted by Gasteiger charge is 2.14. The zero-order chi connectivity index (χ0) is 21.5. The molecule has 0 aliphatic carbocycles. The van der Waals surface area contributed by atoms with Crippen molar-refractivity contribution in [3.8, 4) is 0 Å². The van der Waals surface area contributed by atoms with Crippen LogP contribution in [0.15, 0.2) is 71.5 Å². The Labute approximate surface area is 182 Å². The van der Waals surface area contributed by atoms with Crippen molar-refractivity contribution in [2.75, 3.05) is 13.1 Å². The van der Waals surface area contributed by atoms with Gasteiger partial charge in [0.05, 0.1) is 6.54 Å². The predicted octanol–water partition coefficient (Wildman–Crippen LogP) is 3.21. The topological polar surface area (TPSA) is 67.2 Å². The van der Waals surface area contributed by atoms with Crippen LogP contribution in [-0.2, 0) is 19.6 Å². The Morgan fingerprint density at radius 3 is 2.32 bits per heavy atom. The standard InChI is InChI=1S/C25H28N4O2/c30-24-14-13-23(27-29(24)18-20-9-3-1-4-10-20)25(31)26-17-21-11-5-6-12-22(21)19-28-15-7-2-8-16-28/h1,3-6,9-14H,2,7-8,15-19H2,(H,26,31). The van der Waals surface area contributed by atoms with Gasteiger partial charge >= 0.3 is 0 Å². The molecule has 1 saturated heterocycles. The third-order valence-electron chi connectivity index (χ3n) is 5.67. The second-order valence-corrected chi connectivity index (χ2v) is 7.99. The number of benzene rings is 2. The van der Waals surface area contributed by atoms with Gasteiger partial charge in [0.2, 0.25) is 0 Å². The summed E-state index contributed by atoms with van der Waals surface area (Å²) in [6.07, 6.45) is 3.82. The molecule has 0 spiro atoms. The van der Waals surface area contributed by atoms with E-state index in [-0.39, 0.29) is 17.2 Å². The molecular weight excluding hydrogens is 388 g/mol. The van der Waals surface area contributed by atoms with Gasteiger partial charge in [-0.1, -0.05) is 61.0 Å². The number of piperidine rings is 1. The smallest absolute Gasteiger partial charge is 0.271 e. The molecule has 0 radical (unpaired) electrons. The Bertz CT molecular complexity index is 1070. The Morgan fingerprint density at radius 1 is 0.839 bits per heavy atom. The molecular formula is C25H28N4O2. The normalized spacial score (nSPS) is 14.3. The summed E-state index contributed by atoms with van der Waals surface area (Å²) in [6.45, 7) is 3.94. The fourth-order valence-electron chi connectivity index (χ4n) is 3.95. The molecule has 1 amide bonds. The first kappa shape index (κ1) is 21.0. The molecule has 4 rings (SSSR count). The van der Waals surface area contributed by atoms with E-state index in [9.17, 15) is 9.59 Å². The Balaban J connectivity index is 1.42. The largest absolute Gasteiger partial charge is 0.347 e. The predicted molar refractivity (Wildman–Crippen MR) is 121 cm³/mol. The highest BCUT2D eigenvalue weighted by atomic mass is 16.2. The quantitative estimate of drug-likeness (QED) is 0.642. The van der Waals surface area contributed by atoms with Gasteiger partial charge in [-0.05, 0) is 48.7 Å². The van der Waals surface area contributed by atoms with Crippen molar-refractivity contribution in [3.63, 3.8) is 0 Å². The SMILES string of the molecule is O=C(NCc1ccccc1CN1CCCCC1)c1ccc(=O)n(Cc2ccccc2)n1. The van der Waals surface area contributed by atoms with E-state index in [1.165, 1.54) is 41.6 Å². The number of hydrogen-bond acceptors (Lipinski definition) is 4. The molecule has 0 saturated carbocycles. The number of likely N-dealkylation sites (tertiary alicyclic amines) is 1. The molecule has 1 aliphatic heterocycles. The number of hydrogen-bond donors (Lipinski definition) is 1. The second-order valence-electron chi connectivity index (χ2n) is 7.99. The van der Waals surface area contributed by atoms with Crippen LogP contribution in [0, 0.1) is 0 Å². The number of nitrogens with one attached hydrogen (secondary N) is 1. The van der Waals surface area contributed by atoms with Crippen molar-refractivity contribution in [1.29, 1.82) is 0 Å². The van der Waals surface area contributed by atoms with Gasteiger partial charge in [0.25, 0.3) is 11.5 Å². The van der Waals surface area contributed by atoms with Gasteiger partial charge in [-0.3, -0.25) is 14.5 Å². The molecule has 3 aromatic rings. The fraction of sp³-hybridized carbons (Fsp3) is 0.320. The summed E-state index contributed by atoms with van der Waals surface area (Å²) < 4.78 is 1.33. The van der Waals surface area contributed by atoms with Crippen LogP contribution in [0.3, 0.4) is 0 Å². The number of nitrogens with zero attached hydrogens (tertiary/aromatic N) is 3. The van der Waals surface area contributed by atoms with Crippen molar-refractivity contribution in [2.45, 2.75) is 38.9 Å². The highest BCUT2D eigenvalue weighted by molar-refractivity contribution is 5.91. The first-order valence-electron chi connectivity index (χ1n) is 10.9. The average Bonchev–Trinajstić information content (AvgIpc) is 2.81. The number of rotatable bonds is 7. The maximum atomic E-state index is 12.7. The van der Waals surface area contributed by atoms with Crippen LogP contribution in [0.2, 0.25) is 0 Å². The van der Waals surface area contributed by atoms with Crippen molar-refractivity contribution in [3.05, 3.63) is 99.5 Å². The van der Waals surface area contributed by atoms with E-state index >= 15 is 0 Å². The van der Waals surface area contributed by atoms with Gasteiger partial charge < -0.3 is 5.32 Å². The maximum absolute atomic E-state index is 12.7. The number of carbonyl (C=O) groups excluding carboxylic acids is 1. The summed E-state index contributed by atoms with van der Waals surface area (Å²) in [5, 5.41) is 7.25. The van der Waals surface area contributed by atoms with E-state index in [2.05, 4.69) is 27.4 Å². The third-order valence-corrected chi connectivity index (χ3v) is 5.67. The van der Waals surface area contributed by atoms with Gasteiger partial charge in [-0.25, -0.2) is 4.68 Å². The van der Waals surface area contributed by atoms with Gasteiger partial charge in [-0.2, -0.15) is 5.10 Å². The van der Waals surface area contributed by atoms with E-state index in [0.717, 1.165) is 30.8 Å². The molecule has 160 valence electrons. The van der Waals surface area contributed by atoms with E-state index < -0.39 is 0 Å². The number of carbonyl (C=O) groups is 1. The monoisotopic (exact) mass is 416 g/mol. The molecule has 2 aromatic carbocycles. The Morgan fingerprint density at radius 2 is 1.55 bits per heavy atom. The number of amides is 1. The summed E-state index contributed by atoms with van der Waals surface area (Å²) in [6, 6.07) is 20.7. The van der Waals surface area contributed by atoms with Crippen LogP contribution in [0.25, 0.3) is 0 Å². The minimum atomic E-state index is -0.283. The third kappa shape index (κ3) is 5.67. The van der Waals surface area contributed by atoms with Crippen LogP contribution >= 0.6 is 0 Å². The van der Waals surface area contributed by atoms with Crippen LogP contribution < -0.4 is 10.9 Å². The van der Waals surface area contributed by atoms with E-state index in [4.69, 9.17) is 0 Å². The van der Waals surface area contributed by atoms with Gasteiger partial charge in [0.1, 0.15) is 5.69 Å². The molecule has 6 nitrogen and oxygen atoms in total. The maximum Gasteiger partial charge on any atom is 0.271 e. The first-order chi connectivity index (χ1) is 15.2. The molecule has 1 aliphatic rings. The summed E-state index contributed by atoms with van der Waals surface area (Å²) in [4.78, 5) is 27.4. The average molecular weight is 417 g/mol. The lowest BCUT2D eigenvalue weighted by Crippen LogP contribution is -2.31. The molecule has 1 N–H and O–H groups in total. The summed E-state index contributed by atoms with van der Waals surface area (Å²) in [7, 11) is 0. The minimum Gasteiger partial charge on any atom is -0.347 e. The van der Waals surface area contributed by atoms with Gasteiger partial charge in [0, 0.05) is 19.2 Å². The van der Waals surface area contributed by atoms with Gasteiger partial charge in [0.15, 0.2) is 0 Å². The molecule has 6 heteroatoms. The zero-order valence-corrected chi connectivity index (χ0v) is 17.7. The molecule has 0 bridgehead atoms. The lowest BCUT2D eigenvalue weighted by Gasteiger charge is -2.27. The van der Waals surface area contributed by atoms with Crippen molar-refractivity contribution in [2.24, 2.45) is 0 Å². The van der Waals surface area contributed by atoms with Crippen LogP contribution in [-0.4, -0.2) is 33.7 Å². The Kier molecular flexibility index (Phi) is 6.89. The lowest BCUT2D eigenvalue weighted by atomic mass is 10.0. The Hall–Kier alpha value is -3.25. The van der Waals surface area contributed by atoms with Crippen LogP contribution in [0.1, 0.15) is 46.4 Å².